The molecule has 0 aliphatic carbocycles. The molecule has 19 heavy (non-hydrogen) atoms. The Kier molecular flexibility index (Phi) is 5.13. The molecule has 1 heterocycles. The van der Waals surface area contributed by atoms with Crippen LogP contribution in [0.5, 0.6) is 6.01 Å². The van der Waals surface area contributed by atoms with Gasteiger partial charge in [-0.05, 0) is 13.3 Å². The van der Waals surface area contributed by atoms with Crippen LogP contribution in [0.25, 0.3) is 0 Å². The third-order valence-electron chi connectivity index (χ3n) is 2.19. The SMILES string of the molecule is CC[C@H](C)Nc1nc(NC)nc(OCC(F)(F)F)n1. The van der Waals surface area contributed by atoms with Gasteiger partial charge in [0.1, 0.15) is 0 Å². The summed E-state index contributed by atoms with van der Waals surface area (Å²) in [5.74, 6) is 0.309. The number of aromatic nitrogens is 3. The second-order valence-electron chi connectivity index (χ2n) is 3.87. The number of halogens is 3. The highest BCUT2D eigenvalue weighted by molar-refractivity contribution is 5.35. The number of nitrogens with zero attached hydrogens (tertiary/aromatic N) is 3. The molecule has 0 aliphatic heterocycles. The fraction of sp³-hybridized carbons (Fsp3) is 0.700. The molecule has 9 heteroatoms. The van der Waals surface area contributed by atoms with Crippen molar-refractivity contribution in [2.75, 3.05) is 24.3 Å². The molecule has 0 fully saturated rings. The molecule has 0 amide bonds. The first-order valence-electron chi connectivity index (χ1n) is 5.74. The maximum absolute atomic E-state index is 12.1. The number of rotatable bonds is 6. The number of ether oxygens (including phenoxy) is 1. The van der Waals surface area contributed by atoms with E-state index in [1.807, 2.05) is 13.8 Å². The van der Waals surface area contributed by atoms with Gasteiger partial charge in [-0.15, -0.1) is 0 Å². The normalized spacial score (nSPS) is 12.9. The topological polar surface area (TPSA) is 72.0 Å². The van der Waals surface area contributed by atoms with Gasteiger partial charge in [0.2, 0.25) is 11.9 Å². The first-order valence-corrected chi connectivity index (χ1v) is 5.74. The smallest absolute Gasteiger partial charge is 0.422 e. The molecule has 6 nitrogen and oxygen atoms in total. The lowest BCUT2D eigenvalue weighted by atomic mass is 10.3. The summed E-state index contributed by atoms with van der Waals surface area (Å²) in [4.78, 5) is 11.4. The molecule has 1 rings (SSSR count). The average molecular weight is 279 g/mol. The van der Waals surface area contributed by atoms with Gasteiger partial charge in [-0.1, -0.05) is 6.92 Å². The van der Waals surface area contributed by atoms with E-state index in [9.17, 15) is 13.2 Å². The molecule has 0 radical (unpaired) electrons. The maximum atomic E-state index is 12.1. The standard InChI is InChI=1S/C10H16F3N5O/c1-4-6(2)15-8-16-7(14-3)17-9(18-8)19-5-10(11,12)13/h6H,4-5H2,1-3H3,(H2,14,15,16,17,18)/t6-/m0/s1. The molecule has 1 aromatic rings. The van der Waals surface area contributed by atoms with Crippen LogP contribution >= 0.6 is 0 Å². The lowest BCUT2D eigenvalue weighted by Crippen LogP contribution is -2.21. The molecule has 0 saturated heterocycles. The van der Waals surface area contributed by atoms with E-state index < -0.39 is 12.8 Å². The molecule has 108 valence electrons. The number of anilines is 2. The Morgan fingerprint density at radius 1 is 1.21 bits per heavy atom. The molecule has 0 spiro atoms. The molecule has 1 atom stereocenters. The average Bonchev–Trinajstić information content (AvgIpc) is 2.35. The summed E-state index contributed by atoms with van der Waals surface area (Å²) in [6, 6.07) is -0.287. The van der Waals surface area contributed by atoms with Gasteiger partial charge < -0.3 is 15.4 Å². The maximum Gasteiger partial charge on any atom is 0.422 e. The van der Waals surface area contributed by atoms with E-state index in [-0.39, 0.29) is 23.9 Å². The van der Waals surface area contributed by atoms with Gasteiger partial charge in [0.15, 0.2) is 6.61 Å². The Labute approximate surface area is 108 Å². The Balaban J connectivity index is 2.83. The predicted octanol–water partition coefficient (Wildman–Crippen LogP) is 2.06. The highest BCUT2D eigenvalue weighted by atomic mass is 19.4. The Morgan fingerprint density at radius 3 is 2.37 bits per heavy atom. The number of hydrogen-bond acceptors (Lipinski definition) is 6. The van der Waals surface area contributed by atoms with Gasteiger partial charge >= 0.3 is 12.2 Å². The lowest BCUT2D eigenvalue weighted by molar-refractivity contribution is -0.154. The van der Waals surface area contributed by atoms with Crippen LogP contribution in [0, 0.1) is 0 Å². The quantitative estimate of drug-likeness (QED) is 0.830. The first-order chi connectivity index (χ1) is 8.84. The van der Waals surface area contributed by atoms with E-state index in [0.717, 1.165) is 6.42 Å². The third-order valence-corrected chi connectivity index (χ3v) is 2.19. The van der Waals surface area contributed by atoms with Crippen molar-refractivity contribution in [2.45, 2.75) is 32.5 Å². The van der Waals surface area contributed by atoms with Gasteiger partial charge in [0, 0.05) is 13.1 Å². The number of nitrogens with one attached hydrogen (secondary N) is 2. The van der Waals surface area contributed by atoms with Crippen molar-refractivity contribution in [3.8, 4) is 6.01 Å². The molecule has 0 unspecified atom stereocenters. The van der Waals surface area contributed by atoms with Crippen LogP contribution in [0.2, 0.25) is 0 Å². The number of alkyl halides is 3. The molecular weight excluding hydrogens is 263 g/mol. The molecule has 0 aliphatic rings. The summed E-state index contributed by atoms with van der Waals surface area (Å²) in [7, 11) is 1.55. The predicted molar refractivity (Wildman–Crippen MR) is 64.3 cm³/mol. The van der Waals surface area contributed by atoms with Crippen molar-refractivity contribution in [1.82, 2.24) is 15.0 Å². The summed E-state index contributed by atoms with van der Waals surface area (Å²) in [5.41, 5.74) is 0. The van der Waals surface area contributed by atoms with Crippen LogP contribution in [0.15, 0.2) is 0 Å². The minimum absolute atomic E-state index is 0.0857. The summed E-state index contributed by atoms with van der Waals surface area (Å²) in [6.07, 6.45) is -3.62. The second kappa shape index (κ2) is 6.39. The van der Waals surface area contributed by atoms with E-state index in [2.05, 4.69) is 30.3 Å². The lowest BCUT2D eigenvalue weighted by Gasteiger charge is -2.13. The highest BCUT2D eigenvalue weighted by Gasteiger charge is 2.29. The minimum atomic E-state index is -4.43. The Bertz CT molecular complexity index is 413. The van der Waals surface area contributed by atoms with Crippen molar-refractivity contribution in [1.29, 1.82) is 0 Å². The van der Waals surface area contributed by atoms with E-state index >= 15 is 0 Å². The second-order valence-corrected chi connectivity index (χ2v) is 3.87. The molecular formula is C10H16F3N5O. The Hall–Kier alpha value is -1.80. The van der Waals surface area contributed by atoms with Crippen LogP contribution in [0.4, 0.5) is 25.1 Å². The van der Waals surface area contributed by atoms with Gasteiger partial charge in [-0.2, -0.15) is 28.1 Å². The summed E-state index contributed by atoms with van der Waals surface area (Å²) < 4.78 is 40.7. The van der Waals surface area contributed by atoms with Crippen LogP contribution in [0.3, 0.4) is 0 Å². The largest absolute Gasteiger partial charge is 0.454 e. The van der Waals surface area contributed by atoms with Crippen LogP contribution in [-0.2, 0) is 0 Å². The summed E-state index contributed by atoms with van der Waals surface area (Å²) >= 11 is 0. The zero-order valence-corrected chi connectivity index (χ0v) is 10.9. The summed E-state index contributed by atoms with van der Waals surface area (Å²) in [6.45, 7) is 2.42. The fourth-order valence-electron chi connectivity index (χ4n) is 1.07. The van der Waals surface area contributed by atoms with Crippen LogP contribution < -0.4 is 15.4 Å². The molecule has 1 aromatic heterocycles. The van der Waals surface area contributed by atoms with E-state index in [0.29, 0.717) is 0 Å². The molecule has 0 bridgehead atoms. The Morgan fingerprint density at radius 2 is 1.84 bits per heavy atom. The minimum Gasteiger partial charge on any atom is -0.454 e. The third kappa shape index (κ3) is 5.58. The van der Waals surface area contributed by atoms with Crippen LogP contribution in [0.1, 0.15) is 20.3 Å². The monoisotopic (exact) mass is 279 g/mol. The zero-order valence-electron chi connectivity index (χ0n) is 10.9. The molecule has 0 aromatic carbocycles. The van der Waals surface area contributed by atoms with E-state index in [1.54, 1.807) is 7.05 Å². The molecule has 2 N–H and O–H groups in total. The van der Waals surface area contributed by atoms with Crippen LogP contribution in [-0.4, -0.2) is 40.8 Å². The van der Waals surface area contributed by atoms with Gasteiger partial charge in [-0.3, -0.25) is 0 Å². The molecule has 0 saturated carbocycles. The van der Waals surface area contributed by atoms with E-state index in [1.165, 1.54) is 0 Å². The van der Waals surface area contributed by atoms with Gasteiger partial charge in [0.25, 0.3) is 0 Å². The van der Waals surface area contributed by atoms with Crippen molar-refractivity contribution in [2.24, 2.45) is 0 Å². The van der Waals surface area contributed by atoms with Crippen molar-refractivity contribution < 1.29 is 17.9 Å². The number of hydrogen-bond donors (Lipinski definition) is 2. The summed E-state index contributed by atoms with van der Waals surface area (Å²) in [5, 5.41) is 5.57. The van der Waals surface area contributed by atoms with Gasteiger partial charge in [-0.25, -0.2) is 0 Å². The zero-order chi connectivity index (χ0) is 14.5. The first kappa shape index (κ1) is 15.3. The van der Waals surface area contributed by atoms with Crippen molar-refractivity contribution >= 4 is 11.9 Å². The van der Waals surface area contributed by atoms with Crippen molar-refractivity contribution in [3.63, 3.8) is 0 Å². The highest BCUT2D eigenvalue weighted by Crippen LogP contribution is 2.17. The van der Waals surface area contributed by atoms with E-state index in [4.69, 9.17) is 0 Å². The fourth-order valence-corrected chi connectivity index (χ4v) is 1.07. The van der Waals surface area contributed by atoms with Gasteiger partial charge in [0.05, 0.1) is 0 Å². The van der Waals surface area contributed by atoms with Crippen molar-refractivity contribution in [3.05, 3.63) is 0 Å².